The molecule has 0 fully saturated rings. The molecule has 2 aromatic carbocycles. The Morgan fingerprint density at radius 2 is 1.42 bits per heavy atom. The van der Waals surface area contributed by atoms with Gasteiger partial charge in [0.15, 0.2) is 0 Å². The van der Waals surface area contributed by atoms with Crippen LogP contribution in [0.1, 0.15) is 18.1 Å². The molecule has 0 aliphatic heterocycles. The summed E-state index contributed by atoms with van der Waals surface area (Å²) in [7, 11) is -3.83. The highest BCUT2D eigenvalue weighted by Crippen LogP contribution is 2.28. The van der Waals surface area contributed by atoms with Gasteiger partial charge in [-0.3, -0.25) is 9.52 Å². The molecule has 0 unspecified atom stereocenters. The summed E-state index contributed by atoms with van der Waals surface area (Å²) in [6, 6.07) is 7.67. The second kappa shape index (κ2) is 7.01. The minimum atomic E-state index is -3.83. The summed E-state index contributed by atoms with van der Waals surface area (Å²) in [5.41, 5.74) is 1.85. The molecule has 0 saturated heterocycles. The van der Waals surface area contributed by atoms with Crippen LogP contribution in [0.25, 0.3) is 0 Å². The van der Waals surface area contributed by atoms with E-state index in [1.165, 1.54) is 25.1 Å². The summed E-state index contributed by atoms with van der Waals surface area (Å²) < 4.78 is 27.9. The Bertz CT molecular complexity index is 868. The van der Waals surface area contributed by atoms with Gasteiger partial charge >= 0.3 is 0 Å². The van der Waals surface area contributed by atoms with Gasteiger partial charge < -0.3 is 5.32 Å². The molecule has 2 N–H and O–H groups in total. The summed E-state index contributed by atoms with van der Waals surface area (Å²) in [6.07, 6.45) is 0. The molecule has 8 heteroatoms. The van der Waals surface area contributed by atoms with Crippen molar-refractivity contribution in [3.05, 3.63) is 51.5 Å². The van der Waals surface area contributed by atoms with Crippen molar-refractivity contribution in [2.45, 2.75) is 25.7 Å². The third kappa shape index (κ3) is 4.41. The zero-order valence-electron chi connectivity index (χ0n) is 13.3. The van der Waals surface area contributed by atoms with E-state index in [1.54, 1.807) is 26.0 Å². The number of sulfonamides is 1. The topological polar surface area (TPSA) is 75.3 Å². The molecule has 0 saturated carbocycles. The number of aryl methyl sites for hydroxylation is 2. The Morgan fingerprint density at radius 1 is 0.917 bits per heavy atom. The molecule has 0 heterocycles. The predicted molar refractivity (Wildman–Crippen MR) is 97.5 cm³/mol. The van der Waals surface area contributed by atoms with E-state index >= 15 is 0 Å². The number of rotatable bonds is 4. The lowest BCUT2D eigenvalue weighted by Gasteiger charge is -2.15. The fourth-order valence-corrected chi connectivity index (χ4v) is 4.49. The third-order valence-electron chi connectivity index (χ3n) is 3.16. The molecule has 2 rings (SSSR count). The van der Waals surface area contributed by atoms with Crippen LogP contribution in [0.15, 0.2) is 35.2 Å². The van der Waals surface area contributed by atoms with Crippen LogP contribution < -0.4 is 10.0 Å². The monoisotopic (exact) mass is 386 g/mol. The number of carbonyl (C=O) groups excluding carboxylic acids is 1. The van der Waals surface area contributed by atoms with Gasteiger partial charge in [0.1, 0.15) is 0 Å². The summed E-state index contributed by atoms with van der Waals surface area (Å²) in [5, 5.41) is 3.30. The third-order valence-corrected chi connectivity index (χ3v) is 5.29. The SMILES string of the molecule is CC(=O)Nc1cc(C)c(S(=O)(=O)Nc2cc(Cl)cc(Cl)c2)c(C)c1. The first kappa shape index (κ1) is 18.6. The highest BCUT2D eigenvalue weighted by Gasteiger charge is 2.21. The van der Waals surface area contributed by atoms with Gasteiger partial charge in [0.25, 0.3) is 10.0 Å². The lowest BCUT2D eigenvalue weighted by molar-refractivity contribution is -0.114. The highest BCUT2D eigenvalue weighted by atomic mass is 35.5. The maximum Gasteiger partial charge on any atom is 0.262 e. The second-order valence-corrected chi connectivity index (χ2v) is 7.88. The molecule has 0 bridgehead atoms. The van der Waals surface area contributed by atoms with Gasteiger partial charge in [-0.1, -0.05) is 23.2 Å². The first-order valence-corrected chi connectivity index (χ1v) is 9.20. The lowest BCUT2D eigenvalue weighted by atomic mass is 10.1. The Hall–Kier alpha value is -1.76. The summed E-state index contributed by atoms with van der Waals surface area (Å²) in [4.78, 5) is 11.3. The molecule has 0 aliphatic rings. The maximum atomic E-state index is 12.7. The van der Waals surface area contributed by atoms with Gasteiger partial charge in [-0.25, -0.2) is 8.42 Å². The molecule has 0 aliphatic carbocycles. The van der Waals surface area contributed by atoms with Crippen molar-refractivity contribution < 1.29 is 13.2 Å². The molecule has 0 radical (unpaired) electrons. The largest absolute Gasteiger partial charge is 0.326 e. The molecule has 1 amide bonds. The van der Waals surface area contributed by atoms with Crippen molar-refractivity contribution in [1.82, 2.24) is 0 Å². The van der Waals surface area contributed by atoms with Gasteiger partial charge in [-0.2, -0.15) is 0 Å². The van der Waals surface area contributed by atoms with E-state index in [1.807, 2.05) is 0 Å². The molecule has 128 valence electrons. The first-order valence-electron chi connectivity index (χ1n) is 6.96. The van der Waals surface area contributed by atoms with Crippen LogP contribution in [-0.4, -0.2) is 14.3 Å². The fourth-order valence-electron chi connectivity index (χ4n) is 2.47. The van der Waals surface area contributed by atoms with Crippen molar-refractivity contribution >= 4 is 50.5 Å². The highest BCUT2D eigenvalue weighted by molar-refractivity contribution is 7.92. The van der Waals surface area contributed by atoms with Gasteiger partial charge in [0.2, 0.25) is 5.91 Å². The van der Waals surface area contributed by atoms with Gasteiger partial charge in [-0.05, 0) is 55.3 Å². The molecule has 5 nitrogen and oxygen atoms in total. The average molecular weight is 387 g/mol. The lowest BCUT2D eigenvalue weighted by Crippen LogP contribution is -2.16. The minimum Gasteiger partial charge on any atom is -0.326 e. The summed E-state index contributed by atoms with van der Waals surface area (Å²) >= 11 is 11.8. The van der Waals surface area contributed by atoms with Crippen LogP contribution in [-0.2, 0) is 14.8 Å². The van der Waals surface area contributed by atoms with E-state index in [-0.39, 0.29) is 16.5 Å². The molecule has 0 spiro atoms. The molecule has 0 aromatic heterocycles. The average Bonchev–Trinajstić information content (AvgIpc) is 2.33. The zero-order valence-corrected chi connectivity index (χ0v) is 15.6. The van der Waals surface area contributed by atoms with E-state index < -0.39 is 10.0 Å². The molecular formula is C16H16Cl2N2O3S. The van der Waals surface area contributed by atoms with E-state index in [9.17, 15) is 13.2 Å². The van der Waals surface area contributed by atoms with Crippen molar-refractivity contribution in [1.29, 1.82) is 0 Å². The Kier molecular flexibility index (Phi) is 5.42. The quantitative estimate of drug-likeness (QED) is 0.818. The Labute approximate surface area is 151 Å². The fraction of sp³-hybridized carbons (Fsp3) is 0.188. The van der Waals surface area contributed by atoms with Crippen LogP contribution in [0.2, 0.25) is 10.0 Å². The minimum absolute atomic E-state index is 0.146. The number of anilines is 2. The maximum absolute atomic E-state index is 12.7. The van der Waals surface area contributed by atoms with E-state index in [4.69, 9.17) is 23.2 Å². The van der Waals surface area contributed by atoms with Crippen LogP contribution in [0.3, 0.4) is 0 Å². The predicted octanol–water partition coefficient (Wildman–Crippen LogP) is 4.37. The van der Waals surface area contributed by atoms with Crippen LogP contribution in [0, 0.1) is 13.8 Å². The molecule has 24 heavy (non-hydrogen) atoms. The van der Waals surface area contributed by atoms with Crippen molar-refractivity contribution in [3.63, 3.8) is 0 Å². The Balaban J connectivity index is 2.44. The number of amides is 1. The standard InChI is InChI=1S/C16H16Cl2N2O3S/c1-9-4-14(19-11(3)21)5-10(2)16(9)24(22,23)20-15-7-12(17)6-13(18)8-15/h4-8,20H,1-3H3,(H,19,21). The van der Waals surface area contributed by atoms with Crippen molar-refractivity contribution in [2.75, 3.05) is 10.0 Å². The number of carbonyl (C=O) groups is 1. The number of benzene rings is 2. The number of hydrogen-bond donors (Lipinski definition) is 2. The molecule has 0 atom stereocenters. The van der Waals surface area contributed by atoms with E-state index in [0.717, 1.165) is 0 Å². The van der Waals surface area contributed by atoms with E-state index in [2.05, 4.69) is 10.0 Å². The number of nitrogens with one attached hydrogen (secondary N) is 2. The van der Waals surface area contributed by atoms with Crippen LogP contribution in [0.5, 0.6) is 0 Å². The van der Waals surface area contributed by atoms with Crippen molar-refractivity contribution in [3.8, 4) is 0 Å². The van der Waals surface area contributed by atoms with Gasteiger partial charge in [0.05, 0.1) is 10.6 Å². The normalized spacial score (nSPS) is 11.2. The van der Waals surface area contributed by atoms with Gasteiger partial charge in [0, 0.05) is 22.7 Å². The zero-order chi connectivity index (χ0) is 18.1. The number of halogens is 2. The molecule has 2 aromatic rings. The van der Waals surface area contributed by atoms with Crippen molar-refractivity contribution in [2.24, 2.45) is 0 Å². The summed E-state index contributed by atoms with van der Waals surface area (Å²) in [5.74, 6) is -0.226. The van der Waals surface area contributed by atoms with Crippen LogP contribution >= 0.6 is 23.2 Å². The van der Waals surface area contributed by atoms with Crippen LogP contribution in [0.4, 0.5) is 11.4 Å². The van der Waals surface area contributed by atoms with Gasteiger partial charge in [-0.15, -0.1) is 0 Å². The first-order chi connectivity index (χ1) is 11.1. The second-order valence-electron chi connectivity index (χ2n) is 5.38. The smallest absolute Gasteiger partial charge is 0.262 e. The Morgan fingerprint density at radius 3 is 1.88 bits per heavy atom. The number of hydrogen-bond acceptors (Lipinski definition) is 3. The summed E-state index contributed by atoms with van der Waals surface area (Å²) in [6.45, 7) is 4.72. The molecular weight excluding hydrogens is 371 g/mol. The van der Waals surface area contributed by atoms with E-state index in [0.29, 0.717) is 26.9 Å².